The van der Waals surface area contributed by atoms with E-state index in [1.165, 1.54) is 12.0 Å². The standard InChI is InChI=1S/C13H18N4O3/c1-16(9-11(18)20-2)12(19)10-5-3-8-17(10)13-14-6-4-7-15-13/h4,6-7,10H,3,5,8-9H2,1-2H3. The van der Waals surface area contributed by atoms with E-state index in [1.807, 2.05) is 4.90 Å². The molecule has 0 aliphatic carbocycles. The van der Waals surface area contributed by atoms with E-state index < -0.39 is 5.97 Å². The van der Waals surface area contributed by atoms with Crippen LogP contribution >= 0.6 is 0 Å². The lowest BCUT2D eigenvalue weighted by molar-refractivity contribution is -0.146. The number of anilines is 1. The van der Waals surface area contributed by atoms with Crippen LogP contribution in [0.5, 0.6) is 0 Å². The first-order valence-corrected chi connectivity index (χ1v) is 6.49. The first-order chi connectivity index (χ1) is 9.63. The Kier molecular flexibility index (Phi) is 4.49. The minimum atomic E-state index is -0.429. The van der Waals surface area contributed by atoms with Crippen LogP contribution in [-0.4, -0.2) is 60.0 Å². The third-order valence-electron chi connectivity index (χ3n) is 3.32. The highest BCUT2D eigenvalue weighted by molar-refractivity contribution is 5.88. The summed E-state index contributed by atoms with van der Waals surface area (Å²) in [4.78, 5) is 35.3. The van der Waals surface area contributed by atoms with E-state index in [0.717, 1.165) is 19.4 Å². The summed E-state index contributed by atoms with van der Waals surface area (Å²) in [5, 5.41) is 0. The Balaban J connectivity index is 2.07. The van der Waals surface area contributed by atoms with Gasteiger partial charge >= 0.3 is 5.97 Å². The van der Waals surface area contributed by atoms with Gasteiger partial charge in [0.1, 0.15) is 12.6 Å². The van der Waals surface area contributed by atoms with Crippen molar-refractivity contribution in [2.45, 2.75) is 18.9 Å². The molecule has 1 aromatic heterocycles. The van der Waals surface area contributed by atoms with E-state index in [-0.39, 0.29) is 18.5 Å². The minimum absolute atomic E-state index is 0.0463. The number of amides is 1. The molecule has 1 aromatic rings. The van der Waals surface area contributed by atoms with Crippen LogP contribution in [0.3, 0.4) is 0 Å². The van der Waals surface area contributed by atoms with Crippen LogP contribution in [-0.2, 0) is 14.3 Å². The molecule has 1 fully saturated rings. The molecule has 20 heavy (non-hydrogen) atoms. The molecular formula is C13H18N4O3. The summed E-state index contributed by atoms with van der Waals surface area (Å²) in [5.74, 6) is 0.0107. The highest BCUT2D eigenvalue weighted by atomic mass is 16.5. The fourth-order valence-electron chi connectivity index (χ4n) is 2.29. The molecule has 108 valence electrons. The van der Waals surface area contributed by atoms with Gasteiger partial charge in [-0.25, -0.2) is 9.97 Å². The van der Waals surface area contributed by atoms with Crippen LogP contribution < -0.4 is 4.90 Å². The van der Waals surface area contributed by atoms with Crippen molar-refractivity contribution in [1.82, 2.24) is 14.9 Å². The van der Waals surface area contributed by atoms with Crippen LogP contribution in [0, 0.1) is 0 Å². The van der Waals surface area contributed by atoms with E-state index in [0.29, 0.717) is 5.95 Å². The van der Waals surface area contributed by atoms with Crippen molar-refractivity contribution in [2.24, 2.45) is 0 Å². The van der Waals surface area contributed by atoms with Crippen LogP contribution in [0.15, 0.2) is 18.5 Å². The third kappa shape index (κ3) is 3.04. The van der Waals surface area contributed by atoms with Gasteiger partial charge in [-0.05, 0) is 18.9 Å². The Morgan fingerprint density at radius 1 is 1.45 bits per heavy atom. The number of ether oxygens (including phenoxy) is 1. The predicted molar refractivity (Wildman–Crippen MR) is 72.1 cm³/mol. The van der Waals surface area contributed by atoms with E-state index in [1.54, 1.807) is 25.5 Å². The summed E-state index contributed by atoms with van der Waals surface area (Å²) in [6.45, 7) is 0.696. The summed E-state index contributed by atoms with van der Waals surface area (Å²) in [6.07, 6.45) is 4.95. The summed E-state index contributed by atoms with van der Waals surface area (Å²) in [7, 11) is 2.90. The number of rotatable bonds is 4. The van der Waals surface area contributed by atoms with Crippen molar-refractivity contribution in [3.8, 4) is 0 Å². The molecule has 0 saturated carbocycles. The molecule has 1 unspecified atom stereocenters. The van der Waals surface area contributed by atoms with Crippen molar-refractivity contribution in [3.05, 3.63) is 18.5 Å². The molecule has 1 amide bonds. The van der Waals surface area contributed by atoms with Crippen LogP contribution in [0.2, 0.25) is 0 Å². The van der Waals surface area contributed by atoms with Gasteiger partial charge in [0.05, 0.1) is 7.11 Å². The monoisotopic (exact) mass is 278 g/mol. The molecule has 2 heterocycles. The van der Waals surface area contributed by atoms with Crippen molar-refractivity contribution in [1.29, 1.82) is 0 Å². The highest BCUT2D eigenvalue weighted by Gasteiger charge is 2.34. The summed E-state index contributed by atoms with van der Waals surface area (Å²) >= 11 is 0. The van der Waals surface area contributed by atoms with E-state index in [9.17, 15) is 9.59 Å². The molecule has 1 saturated heterocycles. The molecule has 2 rings (SSSR count). The van der Waals surface area contributed by atoms with E-state index >= 15 is 0 Å². The fraction of sp³-hybridized carbons (Fsp3) is 0.538. The fourth-order valence-corrected chi connectivity index (χ4v) is 2.29. The number of carbonyl (C=O) groups excluding carboxylic acids is 2. The van der Waals surface area contributed by atoms with Gasteiger partial charge < -0.3 is 14.5 Å². The molecule has 0 radical (unpaired) electrons. The van der Waals surface area contributed by atoms with Crippen LogP contribution in [0.25, 0.3) is 0 Å². The zero-order chi connectivity index (χ0) is 14.5. The van der Waals surface area contributed by atoms with Gasteiger partial charge in [-0.3, -0.25) is 9.59 Å². The average Bonchev–Trinajstić information content (AvgIpc) is 2.96. The topological polar surface area (TPSA) is 75.6 Å². The van der Waals surface area contributed by atoms with E-state index in [4.69, 9.17) is 0 Å². The lowest BCUT2D eigenvalue weighted by Gasteiger charge is -2.27. The van der Waals surface area contributed by atoms with Gasteiger partial charge in [-0.2, -0.15) is 0 Å². The second kappa shape index (κ2) is 6.31. The number of hydrogen-bond donors (Lipinski definition) is 0. The zero-order valence-electron chi connectivity index (χ0n) is 11.7. The summed E-state index contributed by atoms with van der Waals surface area (Å²) in [6, 6.07) is 1.42. The van der Waals surface area contributed by atoms with Gasteiger partial charge in [-0.15, -0.1) is 0 Å². The molecule has 0 spiro atoms. The molecule has 0 N–H and O–H groups in total. The van der Waals surface area contributed by atoms with Crippen LogP contribution in [0.4, 0.5) is 5.95 Å². The maximum absolute atomic E-state index is 12.4. The van der Waals surface area contributed by atoms with E-state index in [2.05, 4.69) is 14.7 Å². The maximum Gasteiger partial charge on any atom is 0.325 e. The normalized spacial score (nSPS) is 17.9. The summed E-state index contributed by atoms with van der Waals surface area (Å²) < 4.78 is 4.57. The number of likely N-dealkylation sites (N-methyl/N-ethyl adjacent to an activating group) is 1. The van der Waals surface area contributed by atoms with Crippen LogP contribution in [0.1, 0.15) is 12.8 Å². The Morgan fingerprint density at radius 3 is 2.80 bits per heavy atom. The van der Waals surface area contributed by atoms with Gasteiger partial charge in [0.2, 0.25) is 11.9 Å². The van der Waals surface area contributed by atoms with Crippen molar-refractivity contribution >= 4 is 17.8 Å². The number of aromatic nitrogens is 2. The van der Waals surface area contributed by atoms with Gasteiger partial charge in [0.25, 0.3) is 0 Å². The number of nitrogens with zero attached hydrogens (tertiary/aromatic N) is 4. The molecular weight excluding hydrogens is 260 g/mol. The molecule has 1 aliphatic heterocycles. The zero-order valence-corrected chi connectivity index (χ0v) is 11.7. The predicted octanol–water partition coefficient (Wildman–Crippen LogP) is 0.0768. The Labute approximate surface area is 117 Å². The Morgan fingerprint density at radius 2 is 2.15 bits per heavy atom. The second-order valence-electron chi connectivity index (χ2n) is 4.67. The smallest absolute Gasteiger partial charge is 0.325 e. The number of carbonyl (C=O) groups is 2. The molecule has 0 bridgehead atoms. The molecule has 1 aliphatic rings. The van der Waals surface area contributed by atoms with Crippen molar-refractivity contribution < 1.29 is 14.3 Å². The lowest BCUT2D eigenvalue weighted by Crippen LogP contribution is -2.46. The van der Waals surface area contributed by atoms with Gasteiger partial charge in [-0.1, -0.05) is 0 Å². The lowest BCUT2D eigenvalue weighted by atomic mass is 10.2. The number of methoxy groups -OCH3 is 1. The Bertz CT molecular complexity index is 480. The summed E-state index contributed by atoms with van der Waals surface area (Å²) in [5.41, 5.74) is 0. The minimum Gasteiger partial charge on any atom is -0.468 e. The molecule has 0 aromatic carbocycles. The largest absolute Gasteiger partial charge is 0.468 e. The Hall–Kier alpha value is -2.18. The average molecular weight is 278 g/mol. The van der Waals surface area contributed by atoms with Gasteiger partial charge in [0, 0.05) is 26.0 Å². The SMILES string of the molecule is COC(=O)CN(C)C(=O)C1CCCN1c1ncccn1. The van der Waals surface area contributed by atoms with Gasteiger partial charge in [0.15, 0.2) is 0 Å². The molecule has 7 heteroatoms. The first kappa shape index (κ1) is 14.2. The quantitative estimate of drug-likeness (QED) is 0.726. The molecule has 7 nitrogen and oxygen atoms in total. The maximum atomic E-state index is 12.4. The van der Waals surface area contributed by atoms with Crippen molar-refractivity contribution in [3.63, 3.8) is 0 Å². The number of esters is 1. The highest BCUT2D eigenvalue weighted by Crippen LogP contribution is 2.23. The third-order valence-corrected chi connectivity index (χ3v) is 3.32. The van der Waals surface area contributed by atoms with Crippen molar-refractivity contribution in [2.75, 3.05) is 32.1 Å². The first-order valence-electron chi connectivity index (χ1n) is 6.49. The molecule has 1 atom stereocenters. The second-order valence-corrected chi connectivity index (χ2v) is 4.67. The number of hydrogen-bond acceptors (Lipinski definition) is 6.